The topological polar surface area (TPSA) is 35.0 Å². The molecule has 0 bridgehead atoms. The zero-order valence-corrected chi connectivity index (χ0v) is 10.7. The number of hydrogen-bond acceptors (Lipinski definition) is 3. The fourth-order valence-corrected chi connectivity index (χ4v) is 1.93. The van der Waals surface area contributed by atoms with E-state index in [1.165, 1.54) is 0 Å². The van der Waals surface area contributed by atoms with Gasteiger partial charge in [-0.25, -0.2) is 9.97 Å². The van der Waals surface area contributed by atoms with E-state index in [4.69, 9.17) is 4.74 Å². The molecule has 0 atom stereocenters. The molecule has 0 amide bonds. The van der Waals surface area contributed by atoms with Crippen molar-refractivity contribution in [3.63, 3.8) is 0 Å². The van der Waals surface area contributed by atoms with Gasteiger partial charge in [0, 0.05) is 11.3 Å². The summed E-state index contributed by atoms with van der Waals surface area (Å²) in [6.45, 7) is 1.94. The van der Waals surface area contributed by atoms with E-state index in [1.807, 2.05) is 37.3 Å². The predicted octanol–water partition coefficient (Wildman–Crippen LogP) is 3.22. The molecule has 0 unspecified atom stereocenters. The van der Waals surface area contributed by atoms with E-state index < -0.39 is 0 Å². The molecule has 0 saturated carbocycles. The maximum Gasteiger partial charge on any atom is 0.197 e. The van der Waals surface area contributed by atoms with Crippen LogP contribution in [0.15, 0.2) is 35.1 Å². The minimum atomic E-state index is 0.602. The van der Waals surface area contributed by atoms with Gasteiger partial charge in [-0.3, -0.25) is 0 Å². The van der Waals surface area contributed by atoms with E-state index in [9.17, 15) is 0 Å². The third-order valence-electron chi connectivity index (χ3n) is 2.19. The maximum absolute atomic E-state index is 5.18. The maximum atomic E-state index is 5.18. The Morgan fingerprint density at radius 2 is 2.00 bits per heavy atom. The van der Waals surface area contributed by atoms with Crippen LogP contribution in [0.5, 0.6) is 5.75 Å². The van der Waals surface area contributed by atoms with E-state index in [-0.39, 0.29) is 0 Å². The zero-order valence-electron chi connectivity index (χ0n) is 9.07. The van der Waals surface area contributed by atoms with Crippen LogP contribution in [0.4, 0.5) is 0 Å². The molecule has 0 aliphatic rings. The minimum Gasteiger partial charge on any atom is -0.497 e. The lowest BCUT2D eigenvalue weighted by Crippen LogP contribution is -1.91. The van der Waals surface area contributed by atoms with Gasteiger partial charge in [0.15, 0.2) is 4.73 Å². The summed E-state index contributed by atoms with van der Waals surface area (Å²) in [7, 11) is 1.65. The summed E-state index contributed by atoms with van der Waals surface area (Å²) in [4.78, 5) is 8.51. The Labute approximate surface area is 103 Å². The zero-order chi connectivity index (χ0) is 11.5. The Morgan fingerprint density at radius 3 is 2.69 bits per heavy atom. The molecule has 1 aromatic carbocycles. The van der Waals surface area contributed by atoms with E-state index in [0.717, 1.165) is 22.7 Å². The number of aryl methyl sites for hydroxylation is 1. The van der Waals surface area contributed by atoms with Crippen LogP contribution in [-0.2, 0) is 0 Å². The predicted molar refractivity (Wildman–Crippen MR) is 66.5 cm³/mol. The number of halogens is 1. The van der Waals surface area contributed by atoms with Gasteiger partial charge in [-0.05, 0) is 41.1 Å². The molecule has 4 heteroatoms. The quantitative estimate of drug-likeness (QED) is 0.792. The van der Waals surface area contributed by atoms with Gasteiger partial charge in [0.2, 0.25) is 0 Å². The number of benzene rings is 1. The molecule has 2 aromatic rings. The molecule has 0 N–H and O–H groups in total. The Balaban J connectivity index is 2.49. The molecule has 2 rings (SSSR count). The highest BCUT2D eigenvalue weighted by Crippen LogP contribution is 2.23. The monoisotopic (exact) mass is 278 g/mol. The summed E-state index contributed by atoms with van der Waals surface area (Å²) in [6.07, 6.45) is 0. The van der Waals surface area contributed by atoms with Crippen molar-refractivity contribution in [3.8, 4) is 17.0 Å². The molecule has 82 valence electrons. The number of hydrogen-bond donors (Lipinski definition) is 0. The van der Waals surface area contributed by atoms with Crippen molar-refractivity contribution in [2.75, 3.05) is 7.11 Å². The van der Waals surface area contributed by atoms with Crippen LogP contribution >= 0.6 is 15.9 Å². The molecule has 0 radical (unpaired) electrons. The van der Waals surface area contributed by atoms with E-state index in [1.54, 1.807) is 7.11 Å². The summed E-state index contributed by atoms with van der Waals surface area (Å²) < 4.78 is 5.78. The normalized spacial score (nSPS) is 10.2. The average molecular weight is 279 g/mol. The molecule has 0 aliphatic carbocycles. The lowest BCUT2D eigenvalue weighted by molar-refractivity contribution is 0.415. The standard InChI is InChI=1S/C12H11BrN2O/c1-8-6-11(15-12(13)14-8)9-4-3-5-10(7-9)16-2/h3-7H,1-2H3. The highest BCUT2D eigenvalue weighted by Gasteiger charge is 2.03. The number of methoxy groups -OCH3 is 1. The smallest absolute Gasteiger partial charge is 0.197 e. The van der Waals surface area contributed by atoms with Crippen molar-refractivity contribution in [2.45, 2.75) is 6.92 Å². The third-order valence-corrected chi connectivity index (χ3v) is 2.55. The number of ether oxygens (including phenoxy) is 1. The molecule has 3 nitrogen and oxygen atoms in total. The summed E-state index contributed by atoms with van der Waals surface area (Å²) >= 11 is 3.29. The van der Waals surface area contributed by atoms with Gasteiger partial charge in [-0.2, -0.15) is 0 Å². The summed E-state index contributed by atoms with van der Waals surface area (Å²) in [5.74, 6) is 0.824. The SMILES string of the molecule is COc1cccc(-c2cc(C)nc(Br)n2)c1. The minimum absolute atomic E-state index is 0.602. The first-order chi connectivity index (χ1) is 7.69. The Bertz CT molecular complexity index is 494. The largest absolute Gasteiger partial charge is 0.497 e. The molecule has 0 aliphatic heterocycles. The fraction of sp³-hybridized carbons (Fsp3) is 0.167. The molecule has 1 heterocycles. The van der Waals surface area contributed by atoms with Crippen molar-refractivity contribution >= 4 is 15.9 Å². The first-order valence-electron chi connectivity index (χ1n) is 4.84. The van der Waals surface area contributed by atoms with E-state index in [0.29, 0.717) is 4.73 Å². The molecule has 16 heavy (non-hydrogen) atoms. The summed E-state index contributed by atoms with van der Waals surface area (Å²) in [5.41, 5.74) is 2.84. The average Bonchev–Trinajstić information content (AvgIpc) is 2.28. The molecule has 0 saturated heterocycles. The van der Waals surface area contributed by atoms with Crippen molar-refractivity contribution < 1.29 is 4.74 Å². The van der Waals surface area contributed by atoms with Gasteiger partial charge in [-0.15, -0.1) is 0 Å². The third kappa shape index (κ3) is 2.39. The molecular formula is C12H11BrN2O. The Hall–Kier alpha value is -1.42. The van der Waals surface area contributed by atoms with E-state index >= 15 is 0 Å². The van der Waals surface area contributed by atoms with E-state index in [2.05, 4.69) is 25.9 Å². The van der Waals surface area contributed by atoms with Crippen molar-refractivity contribution in [3.05, 3.63) is 40.8 Å². The second kappa shape index (κ2) is 4.61. The van der Waals surface area contributed by atoms with Gasteiger partial charge in [-0.1, -0.05) is 12.1 Å². The molecule has 0 spiro atoms. The number of rotatable bonds is 2. The Kier molecular flexibility index (Phi) is 3.19. The second-order valence-corrected chi connectivity index (χ2v) is 4.10. The van der Waals surface area contributed by atoms with Crippen LogP contribution < -0.4 is 4.74 Å². The lowest BCUT2D eigenvalue weighted by atomic mass is 10.1. The van der Waals surface area contributed by atoms with Crippen LogP contribution in [0.25, 0.3) is 11.3 Å². The van der Waals surface area contributed by atoms with Crippen LogP contribution in [0, 0.1) is 6.92 Å². The highest BCUT2D eigenvalue weighted by atomic mass is 79.9. The summed E-state index contributed by atoms with van der Waals surface area (Å²) in [6, 6.07) is 9.75. The van der Waals surface area contributed by atoms with Crippen molar-refractivity contribution in [1.82, 2.24) is 9.97 Å². The molecular weight excluding hydrogens is 268 g/mol. The number of nitrogens with zero attached hydrogens (tertiary/aromatic N) is 2. The van der Waals surface area contributed by atoms with Crippen LogP contribution in [-0.4, -0.2) is 17.1 Å². The van der Waals surface area contributed by atoms with Crippen LogP contribution in [0.2, 0.25) is 0 Å². The Morgan fingerprint density at radius 1 is 1.19 bits per heavy atom. The highest BCUT2D eigenvalue weighted by molar-refractivity contribution is 9.10. The van der Waals surface area contributed by atoms with Gasteiger partial charge >= 0.3 is 0 Å². The second-order valence-electron chi connectivity index (χ2n) is 3.40. The van der Waals surface area contributed by atoms with Gasteiger partial charge < -0.3 is 4.74 Å². The lowest BCUT2D eigenvalue weighted by Gasteiger charge is -2.05. The van der Waals surface area contributed by atoms with Gasteiger partial charge in [0.1, 0.15) is 5.75 Å². The molecule has 1 aromatic heterocycles. The summed E-state index contributed by atoms with van der Waals surface area (Å²) in [5, 5.41) is 0. The molecule has 0 fully saturated rings. The number of aromatic nitrogens is 2. The van der Waals surface area contributed by atoms with Crippen LogP contribution in [0.3, 0.4) is 0 Å². The fourth-order valence-electron chi connectivity index (χ4n) is 1.46. The van der Waals surface area contributed by atoms with Crippen LogP contribution in [0.1, 0.15) is 5.69 Å². The van der Waals surface area contributed by atoms with Gasteiger partial charge in [0.05, 0.1) is 12.8 Å². The first kappa shape index (κ1) is 11.1. The van der Waals surface area contributed by atoms with Crippen molar-refractivity contribution in [1.29, 1.82) is 0 Å². The van der Waals surface area contributed by atoms with Crippen molar-refractivity contribution in [2.24, 2.45) is 0 Å². The first-order valence-corrected chi connectivity index (χ1v) is 5.64. The van der Waals surface area contributed by atoms with Gasteiger partial charge in [0.25, 0.3) is 0 Å².